The number of carbonyl (C=O) groups excluding carboxylic acids is 1. The fraction of sp³-hybridized carbons (Fsp3) is 0.0833. The average Bonchev–Trinajstić information content (AvgIpc) is 2.27. The molecule has 0 spiro atoms. The Hall–Kier alpha value is -1.92. The third-order valence-electron chi connectivity index (χ3n) is 2.44. The average molecular weight is 265 g/mol. The van der Waals surface area contributed by atoms with Crippen molar-refractivity contribution >= 4 is 32.5 Å². The molecule has 0 fully saturated rings. The van der Waals surface area contributed by atoms with Gasteiger partial charge in [-0.15, -0.1) is 0 Å². The second-order valence-electron chi connectivity index (χ2n) is 3.85. The van der Waals surface area contributed by atoms with Crippen LogP contribution in [0.4, 0.5) is 5.69 Å². The molecular weight excluding hydrogens is 254 g/mol. The van der Waals surface area contributed by atoms with Gasteiger partial charge in [0, 0.05) is 18.0 Å². The smallest absolute Gasteiger partial charge is 0.294 e. The number of anilines is 1. The predicted octanol–water partition coefficient (Wildman–Crippen LogP) is 2.04. The minimum absolute atomic E-state index is 0.245. The zero-order valence-electron chi connectivity index (χ0n) is 9.54. The van der Waals surface area contributed by atoms with Crippen molar-refractivity contribution in [1.82, 2.24) is 0 Å². The Morgan fingerprint density at radius 2 is 1.89 bits per heavy atom. The molecular formula is C12H11NO4S. The molecule has 0 bridgehead atoms. The van der Waals surface area contributed by atoms with E-state index in [9.17, 15) is 13.2 Å². The second-order valence-corrected chi connectivity index (χ2v) is 5.27. The lowest BCUT2D eigenvalue weighted by Gasteiger charge is -2.09. The lowest BCUT2D eigenvalue weighted by Crippen LogP contribution is -2.07. The lowest BCUT2D eigenvalue weighted by atomic mass is 10.1. The van der Waals surface area contributed by atoms with Crippen LogP contribution in [-0.4, -0.2) is 18.9 Å². The van der Waals surface area contributed by atoms with Crippen molar-refractivity contribution in [3.63, 3.8) is 0 Å². The SMILES string of the molecule is CC(=O)Nc1cc(S(=O)(=O)O)cc2ccccc12. The molecule has 0 aromatic heterocycles. The quantitative estimate of drug-likeness (QED) is 0.814. The molecule has 2 aromatic rings. The topological polar surface area (TPSA) is 83.5 Å². The van der Waals surface area contributed by atoms with Crippen LogP contribution in [0.25, 0.3) is 10.8 Å². The molecule has 0 saturated carbocycles. The van der Waals surface area contributed by atoms with Crippen molar-refractivity contribution in [1.29, 1.82) is 0 Å². The first-order valence-electron chi connectivity index (χ1n) is 5.16. The molecule has 94 valence electrons. The van der Waals surface area contributed by atoms with E-state index in [-0.39, 0.29) is 10.8 Å². The second kappa shape index (κ2) is 4.40. The minimum atomic E-state index is -4.30. The summed E-state index contributed by atoms with van der Waals surface area (Å²) in [6.07, 6.45) is 0. The van der Waals surface area contributed by atoms with E-state index in [1.165, 1.54) is 19.1 Å². The summed E-state index contributed by atoms with van der Waals surface area (Å²) in [4.78, 5) is 10.8. The van der Waals surface area contributed by atoms with Crippen molar-refractivity contribution < 1.29 is 17.8 Å². The van der Waals surface area contributed by atoms with E-state index in [4.69, 9.17) is 4.55 Å². The fourth-order valence-corrected chi connectivity index (χ4v) is 2.27. The first-order chi connectivity index (χ1) is 8.38. The van der Waals surface area contributed by atoms with Gasteiger partial charge in [0.05, 0.1) is 4.90 Å². The highest BCUT2D eigenvalue weighted by Crippen LogP contribution is 2.27. The third kappa shape index (κ3) is 2.49. The van der Waals surface area contributed by atoms with E-state index in [0.29, 0.717) is 16.5 Å². The highest BCUT2D eigenvalue weighted by atomic mass is 32.2. The molecule has 2 aromatic carbocycles. The van der Waals surface area contributed by atoms with E-state index in [1.54, 1.807) is 24.3 Å². The summed E-state index contributed by atoms with van der Waals surface area (Å²) in [5.74, 6) is -0.312. The number of hydrogen-bond acceptors (Lipinski definition) is 3. The molecule has 0 radical (unpaired) electrons. The Labute approximate surface area is 104 Å². The van der Waals surface area contributed by atoms with Gasteiger partial charge < -0.3 is 5.32 Å². The van der Waals surface area contributed by atoms with Gasteiger partial charge in [0.15, 0.2) is 0 Å². The van der Waals surface area contributed by atoms with Crippen molar-refractivity contribution in [2.45, 2.75) is 11.8 Å². The summed E-state index contributed by atoms with van der Waals surface area (Å²) < 4.78 is 31.4. The van der Waals surface area contributed by atoms with E-state index < -0.39 is 10.1 Å². The van der Waals surface area contributed by atoms with Crippen molar-refractivity contribution in [3.8, 4) is 0 Å². The number of carbonyl (C=O) groups is 1. The van der Waals surface area contributed by atoms with E-state index in [2.05, 4.69) is 5.32 Å². The van der Waals surface area contributed by atoms with Crippen LogP contribution in [0.2, 0.25) is 0 Å². The standard InChI is InChI=1S/C12H11NO4S/c1-8(14)13-12-7-10(18(15,16)17)6-9-4-2-3-5-11(9)12/h2-7H,1H3,(H,13,14)(H,15,16,17). The van der Waals surface area contributed by atoms with Crippen LogP contribution >= 0.6 is 0 Å². The molecule has 5 nitrogen and oxygen atoms in total. The molecule has 18 heavy (non-hydrogen) atoms. The summed E-state index contributed by atoms with van der Waals surface area (Å²) in [7, 11) is -4.30. The van der Waals surface area contributed by atoms with Gasteiger partial charge in [0.2, 0.25) is 5.91 Å². The van der Waals surface area contributed by atoms with E-state index >= 15 is 0 Å². The van der Waals surface area contributed by atoms with Crippen LogP contribution in [-0.2, 0) is 14.9 Å². The third-order valence-corrected chi connectivity index (χ3v) is 3.28. The van der Waals surface area contributed by atoms with Gasteiger partial charge in [-0.3, -0.25) is 9.35 Å². The monoisotopic (exact) mass is 265 g/mol. The van der Waals surface area contributed by atoms with Crippen molar-refractivity contribution in [2.75, 3.05) is 5.32 Å². The van der Waals surface area contributed by atoms with Crippen LogP contribution < -0.4 is 5.32 Å². The van der Waals surface area contributed by atoms with Gasteiger partial charge in [-0.25, -0.2) is 0 Å². The predicted molar refractivity (Wildman–Crippen MR) is 68.1 cm³/mol. The van der Waals surface area contributed by atoms with Gasteiger partial charge in [0.25, 0.3) is 10.1 Å². The molecule has 2 rings (SSSR count). The molecule has 0 aliphatic rings. The van der Waals surface area contributed by atoms with Crippen molar-refractivity contribution in [2.24, 2.45) is 0 Å². The molecule has 6 heteroatoms. The molecule has 2 N–H and O–H groups in total. The Bertz CT molecular complexity index is 722. The number of amides is 1. The highest BCUT2D eigenvalue weighted by molar-refractivity contribution is 7.85. The summed E-state index contributed by atoms with van der Waals surface area (Å²) in [6.45, 7) is 1.33. The van der Waals surface area contributed by atoms with Gasteiger partial charge in [0.1, 0.15) is 0 Å². The van der Waals surface area contributed by atoms with E-state index in [0.717, 1.165) is 0 Å². The summed E-state index contributed by atoms with van der Waals surface area (Å²) >= 11 is 0. The number of hydrogen-bond donors (Lipinski definition) is 2. The van der Waals surface area contributed by atoms with Gasteiger partial charge >= 0.3 is 0 Å². The van der Waals surface area contributed by atoms with Crippen LogP contribution in [0.15, 0.2) is 41.3 Å². The first-order valence-corrected chi connectivity index (χ1v) is 6.60. The van der Waals surface area contributed by atoms with Crippen LogP contribution in [0.5, 0.6) is 0 Å². The lowest BCUT2D eigenvalue weighted by molar-refractivity contribution is -0.114. The van der Waals surface area contributed by atoms with Crippen molar-refractivity contribution in [3.05, 3.63) is 36.4 Å². The number of fused-ring (bicyclic) bond motifs is 1. The molecule has 0 aliphatic carbocycles. The summed E-state index contributed by atoms with van der Waals surface area (Å²) in [5.41, 5.74) is 0.355. The molecule has 0 unspecified atom stereocenters. The Balaban J connectivity index is 2.76. The Kier molecular flexibility index (Phi) is 3.06. The van der Waals surface area contributed by atoms with Crippen LogP contribution in [0.1, 0.15) is 6.92 Å². The molecule has 0 aliphatic heterocycles. The molecule has 0 saturated heterocycles. The zero-order valence-corrected chi connectivity index (χ0v) is 10.4. The molecule has 0 atom stereocenters. The normalized spacial score (nSPS) is 11.4. The van der Waals surface area contributed by atoms with Gasteiger partial charge in [-0.1, -0.05) is 24.3 Å². The Morgan fingerprint density at radius 1 is 1.22 bits per heavy atom. The maximum absolute atomic E-state index is 11.2. The molecule has 1 amide bonds. The van der Waals surface area contributed by atoms with Crippen LogP contribution in [0, 0.1) is 0 Å². The minimum Gasteiger partial charge on any atom is -0.326 e. The Morgan fingerprint density at radius 3 is 2.50 bits per heavy atom. The maximum Gasteiger partial charge on any atom is 0.294 e. The number of benzene rings is 2. The summed E-state index contributed by atoms with van der Waals surface area (Å²) in [6, 6.07) is 9.58. The number of rotatable bonds is 2. The van der Waals surface area contributed by atoms with E-state index in [1.807, 2.05) is 0 Å². The van der Waals surface area contributed by atoms with Crippen LogP contribution in [0.3, 0.4) is 0 Å². The zero-order chi connectivity index (χ0) is 13.3. The molecule has 0 heterocycles. The maximum atomic E-state index is 11.2. The van der Waals surface area contributed by atoms with Gasteiger partial charge in [-0.2, -0.15) is 8.42 Å². The highest BCUT2D eigenvalue weighted by Gasteiger charge is 2.13. The summed E-state index contributed by atoms with van der Waals surface area (Å²) in [5, 5.41) is 3.88. The van der Waals surface area contributed by atoms with Gasteiger partial charge in [-0.05, 0) is 17.5 Å². The first kappa shape index (κ1) is 12.5. The largest absolute Gasteiger partial charge is 0.326 e. The number of nitrogens with one attached hydrogen (secondary N) is 1. The fourth-order valence-electron chi connectivity index (χ4n) is 1.73.